The summed E-state index contributed by atoms with van der Waals surface area (Å²) in [7, 11) is 0. The summed E-state index contributed by atoms with van der Waals surface area (Å²) in [4.78, 5) is 17.2. The second-order valence-electron chi connectivity index (χ2n) is 10.8. The molecule has 5 nitrogen and oxygen atoms in total. The molecular weight excluding hydrogens is 388 g/mol. The van der Waals surface area contributed by atoms with Crippen LogP contribution >= 0.6 is 0 Å². The van der Waals surface area contributed by atoms with Crippen molar-refractivity contribution in [2.45, 2.75) is 83.2 Å². The monoisotopic (exact) mass is 421 g/mol. The summed E-state index contributed by atoms with van der Waals surface area (Å²) in [6, 6.07) is 0. The van der Waals surface area contributed by atoms with Crippen LogP contribution < -0.4 is 0 Å². The molecule has 8 atom stereocenters. The number of carbonyl (C=O) groups excluding carboxylic acids is 1. The molecule has 2 N–H and O–H groups in total. The van der Waals surface area contributed by atoms with Gasteiger partial charge in [-0.1, -0.05) is 6.92 Å². The summed E-state index contributed by atoms with van der Waals surface area (Å²) in [6.07, 6.45) is 6.57. The highest BCUT2D eigenvalue weighted by molar-refractivity contribution is 5.83. The first-order valence-corrected chi connectivity index (χ1v) is 11.7. The molecule has 0 bridgehead atoms. The quantitative estimate of drug-likeness (QED) is 0.764. The van der Waals surface area contributed by atoms with Gasteiger partial charge in [0, 0.05) is 5.92 Å². The molecule has 0 radical (unpaired) electrons. The number of nitrogens with zero attached hydrogens (tertiary/aromatic N) is 2. The van der Waals surface area contributed by atoms with Crippen LogP contribution in [0.3, 0.4) is 0 Å². The number of H-pyrrole nitrogens is 1. The highest BCUT2D eigenvalue weighted by atomic mass is 19.3. The van der Waals surface area contributed by atoms with Crippen molar-refractivity contribution in [3.05, 3.63) is 12.2 Å². The van der Waals surface area contributed by atoms with Gasteiger partial charge in [0.1, 0.15) is 23.5 Å². The van der Waals surface area contributed by atoms with Gasteiger partial charge in [0.25, 0.3) is 6.43 Å². The topological polar surface area (TPSA) is 78.9 Å². The molecule has 166 valence electrons. The Morgan fingerprint density at radius 2 is 1.97 bits per heavy atom. The molecular formula is C23H33F2N3O2. The first-order chi connectivity index (χ1) is 14.3. The Balaban J connectivity index is 1.30. The standard InChI is InChI=1S/C23H33F2N3O2/c1-22-8-6-15-14-7-9-23(30,21(24)25)11-13(14)2-3-16(15)17(22)4-5-18(22)19(29)10-20-26-12-27-28-20/h12-18,21,30H,2-11H2,1H3,(H,26,27,28)/t13-,14+,15-,16-,17+,18-,22+,23-/m1/s1. The van der Waals surface area contributed by atoms with Gasteiger partial charge in [-0.15, -0.1) is 0 Å². The number of halogens is 2. The molecule has 1 heterocycles. The Kier molecular flexibility index (Phi) is 5.03. The average molecular weight is 422 g/mol. The Morgan fingerprint density at radius 1 is 1.17 bits per heavy atom. The van der Waals surface area contributed by atoms with Crippen molar-refractivity contribution in [2.24, 2.45) is 40.9 Å². The molecule has 4 aliphatic rings. The van der Waals surface area contributed by atoms with Crippen LogP contribution in [0.4, 0.5) is 8.78 Å². The predicted octanol–water partition coefficient (Wildman–Crippen LogP) is 4.18. The van der Waals surface area contributed by atoms with E-state index in [2.05, 4.69) is 22.1 Å². The lowest BCUT2D eigenvalue weighted by atomic mass is 9.49. The maximum Gasteiger partial charge on any atom is 0.266 e. The van der Waals surface area contributed by atoms with Crippen molar-refractivity contribution < 1.29 is 18.7 Å². The third-order valence-corrected chi connectivity index (χ3v) is 9.65. The zero-order valence-corrected chi connectivity index (χ0v) is 17.7. The van der Waals surface area contributed by atoms with E-state index < -0.39 is 12.0 Å². The lowest BCUT2D eigenvalue weighted by Crippen LogP contribution is -2.53. The molecule has 1 aromatic rings. The summed E-state index contributed by atoms with van der Waals surface area (Å²) in [5, 5.41) is 17.0. The van der Waals surface area contributed by atoms with Crippen molar-refractivity contribution in [3.63, 3.8) is 0 Å². The van der Waals surface area contributed by atoms with E-state index in [0.717, 1.165) is 44.9 Å². The highest BCUT2D eigenvalue weighted by Gasteiger charge is 2.59. The number of Topliss-reactive ketones (excluding diaryl/α,β-unsaturated/α-hetero) is 1. The molecule has 0 aliphatic heterocycles. The van der Waals surface area contributed by atoms with Gasteiger partial charge in [-0.2, -0.15) is 5.10 Å². The zero-order chi connectivity index (χ0) is 21.1. The van der Waals surface area contributed by atoms with Crippen molar-refractivity contribution in [2.75, 3.05) is 0 Å². The number of carbonyl (C=O) groups is 1. The number of hydrogen-bond donors (Lipinski definition) is 2. The number of aliphatic hydroxyl groups is 1. The van der Waals surface area contributed by atoms with Gasteiger partial charge in [0.2, 0.25) is 0 Å². The van der Waals surface area contributed by atoms with Gasteiger partial charge in [0.15, 0.2) is 0 Å². The van der Waals surface area contributed by atoms with Gasteiger partial charge in [-0.3, -0.25) is 9.89 Å². The summed E-state index contributed by atoms with van der Waals surface area (Å²) >= 11 is 0. The number of rotatable bonds is 4. The Hall–Kier alpha value is -1.37. The van der Waals surface area contributed by atoms with Crippen LogP contribution in [0.2, 0.25) is 0 Å². The Morgan fingerprint density at radius 3 is 2.70 bits per heavy atom. The minimum absolute atomic E-state index is 0.0451. The van der Waals surface area contributed by atoms with Gasteiger partial charge in [-0.05, 0) is 92.8 Å². The molecule has 0 aromatic carbocycles. The molecule has 4 fully saturated rings. The van der Waals surface area contributed by atoms with E-state index in [0.29, 0.717) is 35.9 Å². The van der Waals surface area contributed by atoms with Crippen molar-refractivity contribution in [1.29, 1.82) is 0 Å². The van der Waals surface area contributed by atoms with E-state index in [1.54, 1.807) is 0 Å². The van der Waals surface area contributed by atoms with Crippen LogP contribution in [0.25, 0.3) is 0 Å². The van der Waals surface area contributed by atoms with Gasteiger partial charge in [-0.25, -0.2) is 13.8 Å². The first kappa shape index (κ1) is 20.5. The van der Waals surface area contributed by atoms with Crippen LogP contribution in [-0.4, -0.2) is 38.1 Å². The van der Waals surface area contributed by atoms with Crippen molar-refractivity contribution in [1.82, 2.24) is 15.2 Å². The number of alkyl halides is 2. The zero-order valence-electron chi connectivity index (χ0n) is 17.7. The molecule has 5 rings (SSSR count). The number of aromatic amines is 1. The number of hydrogen-bond acceptors (Lipinski definition) is 4. The van der Waals surface area contributed by atoms with Crippen LogP contribution in [0, 0.1) is 40.9 Å². The van der Waals surface area contributed by atoms with Crippen molar-refractivity contribution >= 4 is 5.78 Å². The summed E-state index contributed by atoms with van der Waals surface area (Å²) in [6.45, 7) is 2.33. The normalized spacial score (nSPS) is 45.6. The summed E-state index contributed by atoms with van der Waals surface area (Å²) < 4.78 is 26.8. The van der Waals surface area contributed by atoms with Gasteiger partial charge < -0.3 is 5.11 Å². The van der Waals surface area contributed by atoms with Gasteiger partial charge >= 0.3 is 0 Å². The maximum atomic E-state index is 13.4. The molecule has 4 aliphatic carbocycles. The molecule has 7 heteroatoms. The van der Waals surface area contributed by atoms with Crippen LogP contribution in [-0.2, 0) is 11.2 Å². The lowest BCUT2D eigenvalue weighted by Gasteiger charge is -2.57. The maximum absolute atomic E-state index is 13.4. The minimum Gasteiger partial charge on any atom is -0.384 e. The fraction of sp³-hybridized carbons (Fsp3) is 0.870. The SMILES string of the molecule is C[C@]12CC[C@H]3[C@@H](CC[C@@H]4C[C@@](O)(C(F)F)CC[C@@H]43)[C@@H]1CC[C@@H]2C(=O)Cc1ncn[nH]1. The van der Waals surface area contributed by atoms with E-state index in [1.807, 2.05) is 0 Å². The Bertz CT molecular complexity index is 787. The first-order valence-electron chi connectivity index (χ1n) is 11.7. The fourth-order valence-corrected chi connectivity index (χ4v) is 8.24. The van der Waals surface area contributed by atoms with E-state index in [4.69, 9.17) is 0 Å². The fourth-order valence-electron chi connectivity index (χ4n) is 8.24. The number of aromatic nitrogens is 3. The molecule has 0 amide bonds. The minimum atomic E-state index is -2.64. The van der Waals surface area contributed by atoms with E-state index in [-0.39, 0.29) is 35.9 Å². The summed E-state index contributed by atoms with van der Waals surface area (Å²) in [5.41, 5.74) is -1.73. The summed E-state index contributed by atoms with van der Waals surface area (Å²) in [5.74, 6) is 3.44. The second-order valence-corrected chi connectivity index (χ2v) is 10.8. The second kappa shape index (κ2) is 7.35. The van der Waals surface area contributed by atoms with Crippen LogP contribution in [0.1, 0.15) is 70.5 Å². The predicted molar refractivity (Wildman–Crippen MR) is 107 cm³/mol. The average Bonchev–Trinajstić information content (AvgIpc) is 3.34. The van der Waals surface area contributed by atoms with E-state index in [1.165, 1.54) is 6.33 Å². The highest BCUT2D eigenvalue weighted by Crippen LogP contribution is 2.65. The van der Waals surface area contributed by atoms with Gasteiger partial charge in [0.05, 0.1) is 6.42 Å². The molecule has 4 saturated carbocycles. The third kappa shape index (κ3) is 3.14. The number of ketones is 1. The van der Waals surface area contributed by atoms with E-state index >= 15 is 0 Å². The lowest BCUT2D eigenvalue weighted by molar-refractivity contribution is -0.160. The molecule has 0 unspecified atom stereocenters. The Labute approximate surface area is 176 Å². The number of fused-ring (bicyclic) bond motifs is 5. The smallest absolute Gasteiger partial charge is 0.266 e. The third-order valence-electron chi connectivity index (χ3n) is 9.65. The van der Waals surface area contributed by atoms with Crippen LogP contribution in [0.5, 0.6) is 0 Å². The largest absolute Gasteiger partial charge is 0.384 e. The molecule has 1 aromatic heterocycles. The van der Waals surface area contributed by atoms with Crippen molar-refractivity contribution in [3.8, 4) is 0 Å². The number of nitrogens with one attached hydrogen (secondary N) is 1. The van der Waals surface area contributed by atoms with E-state index in [9.17, 15) is 18.7 Å². The molecule has 0 saturated heterocycles. The molecule has 0 spiro atoms. The molecule has 30 heavy (non-hydrogen) atoms. The van der Waals surface area contributed by atoms with Crippen LogP contribution in [0.15, 0.2) is 6.33 Å².